The first-order valence-corrected chi connectivity index (χ1v) is 6.65. The summed E-state index contributed by atoms with van der Waals surface area (Å²) in [6, 6.07) is 0. The maximum absolute atomic E-state index is 11.8. The zero-order chi connectivity index (χ0) is 13.3. The number of likely N-dealkylation sites (N-methyl/N-ethyl adjacent to an activating group) is 1. The number of nitrogens with zero attached hydrogens (tertiary/aromatic N) is 1. The molecule has 0 saturated carbocycles. The molecule has 0 aliphatic rings. The average molecular weight is 244 g/mol. The lowest BCUT2D eigenvalue weighted by atomic mass is 9.93. The molecule has 0 radical (unpaired) electrons. The number of ether oxygens (including phenoxy) is 1. The number of hydrogen-bond donors (Lipinski definition) is 1. The van der Waals surface area contributed by atoms with E-state index in [2.05, 4.69) is 24.1 Å². The molecule has 0 unspecified atom stereocenters. The number of carbonyl (C=O) groups is 1. The minimum Gasteiger partial charge on any atom is -0.468 e. The van der Waals surface area contributed by atoms with Crippen molar-refractivity contribution in [2.45, 2.75) is 46.1 Å². The van der Waals surface area contributed by atoms with Gasteiger partial charge in [0.25, 0.3) is 0 Å². The van der Waals surface area contributed by atoms with Gasteiger partial charge in [0.05, 0.1) is 7.11 Å². The number of rotatable bonds is 9. The summed E-state index contributed by atoms with van der Waals surface area (Å²) < 4.78 is 4.89. The van der Waals surface area contributed by atoms with Crippen molar-refractivity contribution in [2.24, 2.45) is 0 Å². The van der Waals surface area contributed by atoms with Crippen molar-refractivity contribution in [3.63, 3.8) is 0 Å². The standard InChI is InChI=1S/C13H28N2O2/c1-6-13(7-2,12(16)17-5)14-10-11-15(8-3)9-4/h14H,6-11H2,1-5H3. The number of esters is 1. The Labute approximate surface area is 106 Å². The molecule has 4 nitrogen and oxygen atoms in total. The summed E-state index contributed by atoms with van der Waals surface area (Å²) in [5, 5.41) is 3.37. The lowest BCUT2D eigenvalue weighted by Crippen LogP contribution is -2.53. The Morgan fingerprint density at radius 1 is 1.18 bits per heavy atom. The zero-order valence-corrected chi connectivity index (χ0v) is 12.0. The number of carbonyl (C=O) groups excluding carboxylic acids is 1. The summed E-state index contributed by atoms with van der Waals surface area (Å²) in [6.07, 6.45) is 1.52. The molecule has 0 heterocycles. The molecule has 102 valence electrons. The van der Waals surface area contributed by atoms with Crippen LogP contribution in [0.4, 0.5) is 0 Å². The molecule has 0 atom stereocenters. The molecule has 0 aromatic rings. The molecule has 0 aliphatic heterocycles. The van der Waals surface area contributed by atoms with Crippen LogP contribution in [0.25, 0.3) is 0 Å². The van der Waals surface area contributed by atoms with E-state index in [0.29, 0.717) is 0 Å². The van der Waals surface area contributed by atoms with Crippen molar-refractivity contribution < 1.29 is 9.53 Å². The van der Waals surface area contributed by atoms with Crippen LogP contribution in [0.3, 0.4) is 0 Å². The smallest absolute Gasteiger partial charge is 0.326 e. The van der Waals surface area contributed by atoms with E-state index < -0.39 is 5.54 Å². The quantitative estimate of drug-likeness (QED) is 0.626. The van der Waals surface area contributed by atoms with Crippen LogP contribution in [0.1, 0.15) is 40.5 Å². The van der Waals surface area contributed by atoms with Crippen LogP contribution >= 0.6 is 0 Å². The van der Waals surface area contributed by atoms with E-state index in [1.165, 1.54) is 7.11 Å². The maximum atomic E-state index is 11.8. The predicted octanol–water partition coefficient (Wildman–Crippen LogP) is 1.65. The van der Waals surface area contributed by atoms with Gasteiger partial charge >= 0.3 is 5.97 Å². The molecule has 0 saturated heterocycles. The first-order chi connectivity index (χ1) is 8.10. The van der Waals surface area contributed by atoms with E-state index in [1.54, 1.807) is 0 Å². The summed E-state index contributed by atoms with van der Waals surface area (Å²) in [5.74, 6) is -0.151. The lowest BCUT2D eigenvalue weighted by molar-refractivity contribution is -0.149. The highest BCUT2D eigenvalue weighted by Crippen LogP contribution is 2.16. The zero-order valence-electron chi connectivity index (χ0n) is 12.0. The molecule has 0 aliphatic carbocycles. The van der Waals surface area contributed by atoms with Crippen LogP contribution in [0.15, 0.2) is 0 Å². The molecule has 0 aromatic carbocycles. The van der Waals surface area contributed by atoms with E-state index >= 15 is 0 Å². The first kappa shape index (κ1) is 16.4. The molecule has 17 heavy (non-hydrogen) atoms. The molecular weight excluding hydrogens is 216 g/mol. The monoisotopic (exact) mass is 244 g/mol. The van der Waals surface area contributed by atoms with Crippen LogP contribution in [-0.2, 0) is 9.53 Å². The summed E-state index contributed by atoms with van der Waals surface area (Å²) in [6.45, 7) is 12.2. The van der Waals surface area contributed by atoms with Gasteiger partial charge in [0.2, 0.25) is 0 Å². The Kier molecular flexibility index (Phi) is 8.17. The Hall–Kier alpha value is -0.610. The fraction of sp³-hybridized carbons (Fsp3) is 0.923. The van der Waals surface area contributed by atoms with Crippen LogP contribution in [-0.4, -0.2) is 49.7 Å². The van der Waals surface area contributed by atoms with Crippen molar-refractivity contribution in [1.29, 1.82) is 0 Å². The summed E-state index contributed by atoms with van der Waals surface area (Å²) >= 11 is 0. The second-order valence-electron chi connectivity index (χ2n) is 4.23. The molecule has 0 amide bonds. The molecular formula is C13H28N2O2. The predicted molar refractivity (Wildman–Crippen MR) is 71.1 cm³/mol. The SMILES string of the molecule is CCN(CC)CCNC(CC)(CC)C(=O)OC. The second kappa shape index (κ2) is 8.48. The highest BCUT2D eigenvalue weighted by molar-refractivity contribution is 5.80. The van der Waals surface area contributed by atoms with Gasteiger partial charge in [0.1, 0.15) is 5.54 Å². The molecule has 0 aromatic heterocycles. The maximum Gasteiger partial charge on any atom is 0.326 e. The van der Waals surface area contributed by atoms with Crippen molar-refractivity contribution in [1.82, 2.24) is 10.2 Å². The van der Waals surface area contributed by atoms with E-state index in [-0.39, 0.29) is 5.97 Å². The van der Waals surface area contributed by atoms with Crippen molar-refractivity contribution in [3.05, 3.63) is 0 Å². The fourth-order valence-electron chi connectivity index (χ4n) is 2.05. The van der Waals surface area contributed by atoms with Gasteiger partial charge < -0.3 is 15.0 Å². The van der Waals surface area contributed by atoms with Gasteiger partial charge in [-0.05, 0) is 25.9 Å². The van der Waals surface area contributed by atoms with Gasteiger partial charge in [-0.3, -0.25) is 4.79 Å². The van der Waals surface area contributed by atoms with Gasteiger partial charge in [0.15, 0.2) is 0 Å². The molecule has 0 rings (SSSR count). The van der Waals surface area contributed by atoms with Crippen molar-refractivity contribution in [2.75, 3.05) is 33.3 Å². The Morgan fingerprint density at radius 2 is 1.71 bits per heavy atom. The van der Waals surface area contributed by atoms with Crippen LogP contribution < -0.4 is 5.32 Å². The number of nitrogens with one attached hydrogen (secondary N) is 1. The summed E-state index contributed by atoms with van der Waals surface area (Å²) in [7, 11) is 1.45. The third kappa shape index (κ3) is 4.64. The van der Waals surface area contributed by atoms with Gasteiger partial charge in [0, 0.05) is 13.1 Å². The van der Waals surface area contributed by atoms with Gasteiger partial charge in [-0.1, -0.05) is 27.7 Å². The van der Waals surface area contributed by atoms with Gasteiger partial charge in [-0.25, -0.2) is 0 Å². The van der Waals surface area contributed by atoms with Crippen LogP contribution in [0.5, 0.6) is 0 Å². The Bertz CT molecular complexity index is 211. The largest absolute Gasteiger partial charge is 0.468 e. The van der Waals surface area contributed by atoms with E-state index in [4.69, 9.17) is 4.74 Å². The number of methoxy groups -OCH3 is 1. The number of hydrogen-bond acceptors (Lipinski definition) is 4. The minimum atomic E-state index is -0.512. The normalized spacial score (nSPS) is 11.9. The van der Waals surface area contributed by atoms with E-state index in [0.717, 1.165) is 39.0 Å². The van der Waals surface area contributed by atoms with Crippen LogP contribution in [0.2, 0.25) is 0 Å². The van der Waals surface area contributed by atoms with Crippen molar-refractivity contribution >= 4 is 5.97 Å². The third-order valence-corrected chi connectivity index (χ3v) is 3.57. The summed E-state index contributed by atoms with van der Waals surface area (Å²) in [5.41, 5.74) is -0.512. The van der Waals surface area contributed by atoms with Crippen molar-refractivity contribution in [3.8, 4) is 0 Å². The summed E-state index contributed by atoms with van der Waals surface area (Å²) in [4.78, 5) is 14.1. The van der Waals surface area contributed by atoms with E-state index in [9.17, 15) is 4.79 Å². The molecule has 0 fully saturated rings. The van der Waals surface area contributed by atoms with E-state index in [1.807, 2.05) is 13.8 Å². The van der Waals surface area contributed by atoms with Gasteiger partial charge in [-0.15, -0.1) is 0 Å². The Balaban J connectivity index is 4.31. The molecule has 4 heteroatoms. The topological polar surface area (TPSA) is 41.6 Å². The van der Waals surface area contributed by atoms with Gasteiger partial charge in [-0.2, -0.15) is 0 Å². The fourth-order valence-corrected chi connectivity index (χ4v) is 2.05. The van der Waals surface area contributed by atoms with Crippen LogP contribution in [0, 0.1) is 0 Å². The molecule has 0 spiro atoms. The highest BCUT2D eigenvalue weighted by Gasteiger charge is 2.35. The Morgan fingerprint density at radius 3 is 2.06 bits per heavy atom. The highest BCUT2D eigenvalue weighted by atomic mass is 16.5. The third-order valence-electron chi connectivity index (χ3n) is 3.57. The molecule has 1 N–H and O–H groups in total. The minimum absolute atomic E-state index is 0.151. The first-order valence-electron chi connectivity index (χ1n) is 6.65. The average Bonchev–Trinajstić information content (AvgIpc) is 2.39. The molecule has 0 bridgehead atoms. The lowest BCUT2D eigenvalue weighted by Gasteiger charge is -2.31. The second-order valence-corrected chi connectivity index (χ2v) is 4.23.